The van der Waals surface area contributed by atoms with Crippen LogP contribution in [0.2, 0.25) is 0 Å². The molecule has 1 amide bonds. The fraction of sp³-hybridized carbons (Fsp3) is 0.125. The van der Waals surface area contributed by atoms with Gasteiger partial charge in [0.1, 0.15) is 17.2 Å². The highest BCUT2D eigenvalue weighted by Crippen LogP contribution is 2.28. The average Bonchev–Trinajstić information content (AvgIpc) is 3.03. The van der Waals surface area contributed by atoms with Crippen molar-refractivity contribution >= 4 is 45.3 Å². The number of nitro benzene ring substituents is 1. The van der Waals surface area contributed by atoms with E-state index < -0.39 is 23.4 Å². The molecule has 26 heavy (non-hydrogen) atoms. The molecule has 0 aliphatic rings. The number of carbonyl (C=O) groups excluding carboxylic acids is 2. The van der Waals surface area contributed by atoms with E-state index in [1.807, 2.05) is 0 Å². The normalized spacial score (nSPS) is 10.5. The van der Waals surface area contributed by atoms with Crippen LogP contribution >= 0.6 is 15.9 Å². The van der Waals surface area contributed by atoms with E-state index in [0.29, 0.717) is 10.4 Å². The molecule has 1 N–H and O–H groups in total. The van der Waals surface area contributed by atoms with Gasteiger partial charge >= 0.3 is 5.97 Å². The molecule has 0 aliphatic carbocycles. The van der Waals surface area contributed by atoms with Crippen LogP contribution < -0.4 is 10.1 Å². The van der Waals surface area contributed by atoms with E-state index >= 15 is 0 Å². The van der Waals surface area contributed by atoms with Crippen LogP contribution in [0.15, 0.2) is 45.5 Å². The van der Waals surface area contributed by atoms with Crippen molar-refractivity contribution < 1.29 is 28.4 Å². The maximum absolute atomic E-state index is 11.8. The molecule has 10 heteroatoms. The van der Waals surface area contributed by atoms with Gasteiger partial charge in [-0.1, -0.05) is 0 Å². The Hall–Kier alpha value is -3.14. The zero-order valence-corrected chi connectivity index (χ0v) is 15.0. The van der Waals surface area contributed by atoms with Crippen LogP contribution in [0.1, 0.15) is 5.76 Å². The second kappa shape index (κ2) is 8.81. The van der Waals surface area contributed by atoms with E-state index in [-0.39, 0.29) is 17.1 Å². The van der Waals surface area contributed by atoms with Crippen molar-refractivity contribution in [3.63, 3.8) is 0 Å². The van der Waals surface area contributed by atoms with Crippen LogP contribution in [0.4, 0.5) is 11.4 Å². The first kappa shape index (κ1) is 19.2. The largest absolute Gasteiger partial charge is 0.496 e. The Morgan fingerprint density at radius 2 is 2.12 bits per heavy atom. The highest BCUT2D eigenvalue weighted by molar-refractivity contribution is 9.10. The summed E-state index contributed by atoms with van der Waals surface area (Å²) in [6.45, 7) is -0.603. The number of nitro groups is 1. The predicted molar refractivity (Wildman–Crippen MR) is 94.7 cm³/mol. The van der Waals surface area contributed by atoms with Crippen LogP contribution in [0.3, 0.4) is 0 Å². The third-order valence-corrected chi connectivity index (χ3v) is 3.43. The molecule has 0 aliphatic heterocycles. The summed E-state index contributed by atoms with van der Waals surface area (Å²) in [5, 5.41) is 13.4. The molecule has 1 aromatic carbocycles. The van der Waals surface area contributed by atoms with Crippen molar-refractivity contribution in [2.75, 3.05) is 19.0 Å². The van der Waals surface area contributed by atoms with E-state index in [0.717, 1.165) is 6.08 Å². The van der Waals surface area contributed by atoms with Crippen molar-refractivity contribution in [2.45, 2.75) is 0 Å². The smallest absolute Gasteiger partial charge is 0.331 e. The molecule has 1 heterocycles. The van der Waals surface area contributed by atoms with E-state index in [1.165, 1.54) is 31.4 Å². The van der Waals surface area contributed by atoms with Crippen LogP contribution in [0.25, 0.3) is 6.08 Å². The summed E-state index contributed by atoms with van der Waals surface area (Å²) in [5.74, 6) is -0.791. The molecule has 2 rings (SSSR count). The summed E-state index contributed by atoms with van der Waals surface area (Å²) in [6, 6.07) is 7.24. The first-order valence-electron chi connectivity index (χ1n) is 7.11. The topological polar surface area (TPSA) is 121 Å². The summed E-state index contributed by atoms with van der Waals surface area (Å²) in [5.41, 5.74) is -0.375. The number of hydrogen-bond acceptors (Lipinski definition) is 7. The Labute approximate surface area is 155 Å². The monoisotopic (exact) mass is 424 g/mol. The second-order valence-corrected chi connectivity index (χ2v) is 5.55. The molecule has 2 aromatic rings. The van der Waals surface area contributed by atoms with E-state index in [2.05, 4.69) is 21.2 Å². The Morgan fingerprint density at radius 3 is 2.73 bits per heavy atom. The number of halogens is 1. The number of amides is 1. The standard InChI is InChI=1S/C16H13BrN2O7/c1-24-11-2-5-12(13(8-11)19(22)23)18-15(20)9-25-16(21)7-4-10-3-6-14(17)26-10/h2-8H,9H2,1H3,(H,18,20). The SMILES string of the molecule is COc1ccc(NC(=O)COC(=O)C=Cc2ccc(Br)o2)c([N+](=O)[O-])c1. The lowest BCUT2D eigenvalue weighted by molar-refractivity contribution is -0.384. The highest BCUT2D eigenvalue weighted by Gasteiger charge is 2.17. The van der Waals surface area contributed by atoms with Gasteiger partial charge in [-0.15, -0.1) is 0 Å². The first-order chi connectivity index (χ1) is 12.4. The minimum Gasteiger partial charge on any atom is -0.496 e. The predicted octanol–water partition coefficient (Wildman–Crippen LogP) is 3.15. The van der Waals surface area contributed by atoms with Gasteiger partial charge in [-0.25, -0.2) is 4.79 Å². The third-order valence-electron chi connectivity index (χ3n) is 3.00. The van der Waals surface area contributed by atoms with Gasteiger partial charge < -0.3 is 19.2 Å². The zero-order chi connectivity index (χ0) is 19.1. The first-order valence-corrected chi connectivity index (χ1v) is 7.91. The van der Waals surface area contributed by atoms with Gasteiger partial charge in [-0.05, 0) is 46.3 Å². The molecule has 0 unspecified atom stereocenters. The van der Waals surface area contributed by atoms with E-state index in [1.54, 1.807) is 12.1 Å². The Kier molecular flexibility index (Phi) is 6.50. The Bertz CT molecular complexity index is 860. The van der Waals surface area contributed by atoms with Crippen LogP contribution in [-0.4, -0.2) is 30.5 Å². The number of nitrogens with one attached hydrogen (secondary N) is 1. The van der Waals surface area contributed by atoms with Crippen LogP contribution in [0, 0.1) is 10.1 Å². The van der Waals surface area contributed by atoms with Crippen molar-refractivity contribution in [1.29, 1.82) is 0 Å². The molecular formula is C16H13BrN2O7. The number of benzene rings is 1. The molecule has 0 radical (unpaired) electrons. The molecular weight excluding hydrogens is 412 g/mol. The van der Waals surface area contributed by atoms with Gasteiger partial charge in [0.2, 0.25) is 0 Å². The highest BCUT2D eigenvalue weighted by atomic mass is 79.9. The fourth-order valence-electron chi connectivity index (χ4n) is 1.83. The molecule has 136 valence electrons. The number of nitrogens with zero attached hydrogens (tertiary/aromatic N) is 1. The summed E-state index contributed by atoms with van der Waals surface area (Å²) >= 11 is 3.12. The van der Waals surface area contributed by atoms with Gasteiger partial charge in [0, 0.05) is 6.08 Å². The molecule has 0 bridgehead atoms. The quantitative estimate of drug-likeness (QED) is 0.313. The average molecular weight is 425 g/mol. The summed E-state index contributed by atoms with van der Waals surface area (Å²) < 4.78 is 15.3. The van der Waals surface area contributed by atoms with Crippen LogP contribution in [0.5, 0.6) is 5.75 Å². The van der Waals surface area contributed by atoms with Crippen molar-refractivity contribution in [3.8, 4) is 5.75 Å². The number of furan rings is 1. The molecule has 1 aromatic heterocycles. The lowest BCUT2D eigenvalue weighted by Crippen LogP contribution is -2.20. The van der Waals surface area contributed by atoms with Gasteiger partial charge in [-0.3, -0.25) is 14.9 Å². The van der Waals surface area contributed by atoms with Crippen molar-refractivity contribution in [1.82, 2.24) is 0 Å². The van der Waals surface area contributed by atoms with Crippen LogP contribution in [-0.2, 0) is 14.3 Å². The molecule has 0 fully saturated rings. The maximum Gasteiger partial charge on any atom is 0.331 e. The minimum atomic E-state index is -0.767. The number of hydrogen-bond donors (Lipinski definition) is 1. The molecule has 0 spiro atoms. The number of carbonyl (C=O) groups is 2. The molecule has 0 atom stereocenters. The van der Waals surface area contributed by atoms with Crippen molar-refractivity contribution in [2.24, 2.45) is 0 Å². The van der Waals surface area contributed by atoms with Gasteiger partial charge in [0.25, 0.3) is 11.6 Å². The number of esters is 1. The number of rotatable bonds is 7. The molecule has 0 saturated carbocycles. The van der Waals surface area contributed by atoms with Gasteiger partial charge in [-0.2, -0.15) is 0 Å². The maximum atomic E-state index is 11.8. The zero-order valence-electron chi connectivity index (χ0n) is 13.4. The lowest BCUT2D eigenvalue weighted by Gasteiger charge is -2.07. The number of ether oxygens (including phenoxy) is 2. The third kappa shape index (κ3) is 5.45. The Morgan fingerprint density at radius 1 is 1.35 bits per heavy atom. The number of anilines is 1. The fourth-order valence-corrected chi connectivity index (χ4v) is 2.15. The lowest BCUT2D eigenvalue weighted by atomic mass is 10.2. The van der Waals surface area contributed by atoms with Gasteiger partial charge in [0.05, 0.1) is 18.1 Å². The number of methoxy groups -OCH3 is 1. The minimum absolute atomic E-state index is 0.0344. The Balaban J connectivity index is 1.91. The van der Waals surface area contributed by atoms with Crippen molar-refractivity contribution in [3.05, 3.63) is 57.0 Å². The summed E-state index contributed by atoms with van der Waals surface area (Å²) in [4.78, 5) is 33.8. The summed E-state index contributed by atoms with van der Waals surface area (Å²) in [6.07, 6.45) is 2.47. The van der Waals surface area contributed by atoms with E-state index in [4.69, 9.17) is 13.9 Å². The van der Waals surface area contributed by atoms with Gasteiger partial charge in [0.15, 0.2) is 11.3 Å². The molecule has 9 nitrogen and oxygen atoms in total. The van der Waals surface area contributed by atoms with E-state index in [9.17, 15) is 19.7 Å². The summed E-state index contributed by atoms with van der Waals surface area (Å²) in [7, 11) is 1.37. The molecule has 0 saturated heterocycles. The second-order valence-electron chi connectivity index (χ2n) is 4.77.